The number of anilines is 1. The van der Waals surface area contributed by atoms with Crippen LogP contribution in [0.1, 0.15) is 17.2 Å². The van der Waals surface area contributed by atoms with E-state index in [9.17, 15) is 23.4 Å². The van der Waals surface area contributed by atoms with Gasteiger partial charge in [0.15, 0.2) is 0 Å². The first kappa shape index (κ1) is 13.8. The minimum atomic E-state index is -4.50. The van der Waals surface area contributed by atoms with Gasteiger partial charge in [-0.15, -0.1) is 0 Å². The van der Waals surface area contributed by atoms with Crippen molar-refractivity contribution >= 4 is 5.69 Å². The monoisotopic (exact) mass is 250 g/mol. The van der Waals surface area contributed by atoms with Crippen LogP contribution in [-0.4, -0.2) is 22.9 Å². The van der Waals surface area contributed by atoms with Gasteiger partial charge in [0.2, 0.25) is 0 Å². The molecule has 1 aromatic rings. The highest BCUT2D eigenvalue weighted by Gasteiger charge is 2.31. The first-order valence-corrected chi connectivity index (χ1v) is 4.80. The van der Waals surface area contributed by atoms with Crippen molar-refractivity contribution in [3.05, 3.63) is 29.3 Å². The highest BCUT2D eigenvalue weighted by molar-refractivity contribution is 5.51. The molecule has 2 atom stereocenters. The van der Waals surface area contributed by atoms with Crippen LogP contribution in [0.25, 0.3) is 0 Å². The van der Waals surface area contributed by atoms with Gasteiger partial charge in [-0.1, -0.05) is 6.07 Å². The number of benzene rings is 1. The number of rotatable bonds is 3. The average Bonchev–Trinajstić information content (AvgIpc) is 2.25. The van der Waals surface area contributed by atoms with E-state index in [0.29, 0.717) is 6.07 Å². The average molecular weight is 250 g/mol. The Balaban J connectivity index is 3.06. The van der Waals surface area contributed by atoms with E-state index < -0.39 is 23.9 Å². The Bertz CT molecular complexity index is 396. The Hall–Kier alpha value is -1.31. The molecule has 0 fully saturated rings. The first-order chi connectivity index (χ1) is 7.77. The van der Waals surface area contributed by atoms with Crippen LogP contribution < -0.4 is 11.5 Å². The molecule has 0 spiro atoms. The fourth-order valence-corrected chi connectivity index (χ4v) is 1.36. The molecule has 6 N–H and O–H groups in total. The third kappa shape index (κ3) is 3.09. The summed E-state index contributed by atoms with van der Waals surface area (Å²) >= 11 is 0. The SMILES string of the molecule is NCC(O)C(O)c1ccc(C(F)(F)F)cc1N. The Morgan fingerprint density at radius 1 is 1.24 bits per heavy atom. The molecule has 96 valence electrons. The number of aliphatic hydroxyl groups is 2. The van der Waals surface area contributed by atoms with Crippen molar-refractivity contribution in [2.24, 2.45) is 5.73 Å². The quantitative estimate of drug-likeness (QED) is 0.592. The summed E-state index contributed by atoms with van der Waals surface area (Å²) in [5.74, 6) is 0. The van der Waals surface area contributed by atoms with Gasteiger partial charge < -0.3 is 21.7 Å². The lowest BCUT2D eigenvalue weighted by molar-refractivity contribution is -0.137. The fraction of sp³-hybridized carbons (Fsp3) is 0.400. The van der Waals surface area contributed by atoms with E-state index in [-0.39, 0.29) is 17.8 Å². The van der Waals surface area contributed by atoms with Crippen molar-refractivity contribution in [1.29, 1.82) is 0 Å². The lowest BCUT2D eigenvalue weighted by atomic mass is 10.0. The number of hydrogen-bond acceptors (Lipinski definition) is 4. The molecule has 0 saturated carbocycles. The molecule has 0 aliphatic carbocycles. The zero-order valence-corrected chi connectivity index (χ0v) is 8.78. The van der Waals surface area contributed by atoms with Gasteiger partial charge in [0.1, 0.15) is 6.10 Å². The third-order valence-electron chi connectivity index (χ3n) is 2.34. The summed E-state index contributed by atoms with van der Waals surface area (Å²) < 4.78 is 37.0. The minimum Gasteiger partial charge on any atom is -0.398 e. The molecule has 0 aliphatic heterocycles. The lowest BCUT2D eigenvalue weighted by Crippen LogP contribution is -2.27. The van der Waals surface area contributed by atoms with Crippen molar-refractivity contribution < 1.29 is 23.4 Å². The number of aliphatic hydroxyl groups excluding tert-OH is 2. The molecule has 0 radical (unpaired) electrons. The third-order valence-corrected chi connectivity index (χ3v) is 2.34. The summed E-state index contributed by atoms with van der Waals surface area (Å²) in [5, 5.41) is 18.9. The maximum absolute atomic E-state index is 12.3. The maximum atomic E-state index is 12.3. The van der Waals surface area contributed by atoms with Gasteiger partial charge in [-0.25, -0.2) is 0 Å². The highest BCUT2D eigenvalue weighted by Crippen LogP contribution is 2.33. The Morgan fingerprint density at radius 3 is 2.24 bits per heavy atom. The molecule has 4 nitrogen and oxygen atoms in total. The molecule has 0 aromatic heterocycles. The van der Waals surface area contributed by atoms with Gasteiger partial charge >= 0.3 is 6.18 Å². The second-order valence-corrected chi connectivity index (χ2v) is 3.59. The number of hydrogen-bond donors (Lipinski definition) is 4. The molecule has 7 heteroatoms. The van der Waals surface area contributed by atoms with Crippen molar-refractivity contribution in [1.82, 2.24) is 0 Å². The second-order valence-electron chi connectivity index (χ2n) is 3.59. The van der Waals surface area contributed by atoms with E-state index in [1.165, 1.54) is 0 Å². The number of alkyl halides is 3. The normalized spacial score (nSPS) is 15.6. The molecule has 1 aromatic carbocycles. The number of nitrogens with two attached hydrogens (primary N) is 2. The lowest BCUT2D eigenvalue weighted by Gasteiger charge is -2.19. The summed E-state index contributed by atoms with van der Waals surface area (Å²) in [5.41, 5.74) is 9.41. The molecule has 0 saturated heterocycles. The second kappa shape index (κ2) is 4.91. The molecule has 1 rings (SSSR count). The van der Waals surface area contributed by atoms with Crippen LogP contribution in [0.3, 0.4) is 0 Å². The maximum Gasteiger partial charge on any atom is 0.416 e. The largest absolute Gasteiger partial charge is 0.416 e. The first-order valence-electron chi connectivity index (χ1n) is 4.80. The molecule has 17 heavy (non-hydrogen) atoms. The number of halogens is 3. The van der Waals surface area contributed by atoms with Crippen LogP contribution in [0.4, 0.5) is 18.9 Å². The Labute approximate surface area is 95.7 Å². The van der Waals surface area contributed by atoms with Crippen molar-refractivity contribution in [3.63, 3.8) is 0 Å². The van der Waals surface area contributed by atoms with Gasteiger partial charge in [0.05, 0.1) is 11.7 Å². The Morgan fingerprint density at radius 2 is 1.82 bits per heavy atom. The highest BCUT2D eigenvalue weighted by atomic mass is 19.4. The smallest absolute Gasteiger partial charge is 0.398 e. The molecule has 0 heterocycles. The summed E-state index contributed by atoms with van der Waals surface area (Å²) in [6.45, 7) is -0.221. The fourth-order valence-electron chi connectivity index (χ4n) is 1.36. The van der Waals surface area contributed by atoms with Crippen LogP contribution in [-0.2, 0) is 6.18 Å². The zero-order chi connectivity index (χ0) is 13.2. The molecule has 0 amide bonds. The Kier molecular flexibility index (Phi) is 3.97. The standard InChI is InChI=1S/C10H13F3N2O2/c11-10(12,13)5-1-2-6(7(15)3-5)9(17)8(16)4-14/h1-3,8-9,16-17H,4,14-15H2. The van der Waals surface area contributed by atoms with Crippen LogP contribution >= 0.6 is 0 Å². The molecule has 0 bridgehead atoms. The topological polar surface area (TPSA) is 92.5 Å². The molecule has 0 aliphatic rings. The van der Waals surface area contributed by atoms with Crippen molar-refractivity contribution in [2.45, 2.75) is 18.4 Å². The minimum absolute atomic E-state index is 0.0240. The van der Waals surface area contributed by atoms with Crippen LogP contribution in [0.5, 0.6) is 0 Å². The van der Waals surface area contributed by atoms with Crippen molar-refractivity contribution in [3.8, 4) is 0 Å². The summed E-state index contributed by atoms with van der Waals surface area (Å²) in [4.78, 5) is 0. The van der Waals surface area contributed by atoms with Gasteiger partial charge in [-0.05, 0) is 12.1 Å². The zero-order valence-electron chi connectivity index (χ0n) is 8.78. The van der Waals surface area contributed by atoms with E-state index in [0.717, 1.165) is 12.1 Å². The predicted molar refractivity (Wildman–Crippen MR) is 55.9 cm³/mol. The summed E-state index contributed by atoms with van der Waals surface area (Å²) in [6, 6.07) is 2.53. The predicted octanol–water partition coefficient (Wildman–Crippen LogP) is 0.641. The van der Waals surface area contributed by atoms with Crippen LogP contribution in [0, 0.1) is 0 Å². The van der Waals surface area contributed by atoms with Gasteiger partial charge in [0, 0.05) is 17.8 Å². The summed E-state index contributed by atoms with van der Waals surface area (Å²) in [6.07, 6.45) is -7.17. The van der Waals surface area contributed by atoms with E-state index >= 15 is 0 Å². The van der Waals surface area contributed by atoms with Gasteiger partial charge in [0.25, 0.3) is 0 Å². The van der Waals surface area contributed by atoms with Crippen molar-refractivity contribution in [2.75, 3.05) is 12.3 Å². The van der Waals surface area contributed by atoms with E-state index in [4.69, 9.17) is 11.5 Å². The molecular weight excluding hydrogens is 237 g/mol. The summed E-state index contributed by atoms with van der Waals surface area (Å²) in [7, 11) is 0. The van der Waals surface area contributed by atoms with E-state index in [1.54, 1.807) is 0 Å². The van der Waals surface area contributed by atoms with Gasteiger partial charge in [-0.3, -0.25) is 0 Å². The number of nitrogen functional groups attached to an aromatic ring is 1. The van der Waals surface area contributed by atoms with E-state index in [2.05, 4.69) is 0 Å². The molecular formula is C10H13F3N2O2. The van der Waals surface area contributed by atoms with Gasteiger partial charge in [-0.2, -0.15) is 13.2 Å². The molecule has 2 unspecified atom stereocenters. The van der Waals surface area contributed by atoms with Crippen LogP contribution in [0.15, 0.2) is 18.2 Å². The van der Waals surface area contributed by atoms with E-state index in [1.807, 2.05) is 0 Å². The van der Waals surface area contributed by atoms with Crippen LogP contribution in [0.2, 0.25) is 0 Å².